The van der Waals surface area contributed by atoms with Gasteiger partial charge in [-0.3, -0.25) is 4.79 Å². The molecule has 3 aromatic rings. The first-order valence-corrected chi connectivity index (χ1v) is 11.4. The van der Waals surface area contributed by atoms with E-state index in [1.54, 1.807) is 18.0 Å². The first kappa shape index (κ1) is 20.7. The van der Waals surface area contributed by atoms with E-state index < -0.39 is 0 Å². The van der Waals surface area contributed by atoms with Gasteiger partial charge in [0.25, 0.3) is 5.91 Å². The number of aromatic nitrogens is 4. The van der Waals surface area contributed by atoms with Gasteiger partial charge in [-0.25, -0.2) is 14.6 Å². The standard InChI is InChI=1S/C23H29N7O2/c1-32-18-9-7-17(8-10-18)30-22-19(15-25-30)20(24-11-14-29-12-3-2-4-13-29)27-21(28-22)23(31)26-16-5-6-16/h7-10,15-16H,2-6,11-14H2,1H3,(H,26,31)(H,24,27,28). The van der Waals surface area contributed by atoms with Crippen molar-refractivity contribution >= 4 is 22.8 Å². The minimum absolute atomic E-state index is 0.167. The average Bonchev–Trinajstić information content (AvgIpc) is 3.54. The molecule has 0 spiro atoms. The Kier molecular flexibility index (Phi) is 5.89. The largest absolute Gasteiger partial charge is 0.497 e. The molecular weight excluding hydrogens is 406 g/mol. The number of amides is 1. The Morgan fingerprint density at radius 2 is 1.91 bits per heavy atom. The summed E-state index contributed by atoms with van der Waals surface area (Å²) in [6, 6.07) is 7.83. The van der Waals surface area contributed by atoms with Crippen LogP contribution in [0.5, 0.6) is 5.75 Å². The number of hydrogen-bond donors (Lipinski definition) is 2. The molecule has 3 heterocycles. The summed E-state index contributed by atoms with van der Waals surface area (Å²) in [4.78, 5) is 24.4. The van der Waals surface area contributed by atoms with Crippen molar-refractivity contribution in [2.24, 2.45) is 0 Å². The molecule has 2 aromatic heterocycles. The molecule has 2 fully saturated rings. The molecule has 1 amide bonds. The van der Waals surface area contributed by atoms with Crippen molar-refractivity contribution in [3.05, 3.63) is 36.3 Å². The van der Waals surface area contributed by atoms with Gasteiger partial charge in [0, 0.05) is 19.1 Å². The van der Waals surface area contributed by atoms with Gasteiger partial charge in [-0.05, 0) is 63.0 Å². The number of methoxy groups -OCH3 is 1. The lowest BCUT2D eigenvalue weighted by atomic mass is 10.1. The van der Waals surface area contributed by atoms with Gasteiger partial charge in [0.05, 0.1) is 24.4 Å². The lowest BCUT2D eigenvalue weighted by Gasteiger charge is -2.26. The molecule has 0 atom stereocenters. The number of carbonyl (C=O) groups excluding carboxylic acids is 1. The number of nitrogens with zero attached hydrogens (tertiary/aromatic N) is 5. The van der Waals surface area contributed by atoms with Crippen LogP contribution in [0.4, 0.5) is 5.82 Å². The van der Waals surface area contributed by atoms with E-state index in [9.17, 15) is 4.79 Å². The highest BCUT2D eigenvalue weighted by atomic mass is 16.5. The number of piperidine rings is 1. The lowest BCUT2D eigenvalue weighted by molar-refractivity contribution is 0.0941. The number of anilines is 1. The summed E-state index contributed by atoms with van der Waals surface area (Å²) in [5.41, 5.74) is 1.44. The van der Waals surface area contributed by atoms with E-state index in [1.807, 2.05) is 24.3 Å². The smallest absolute Gasteiger partial charge is 0.289 e. The third kappa shape index (κ3) is 4.52. The van der Waals surface area contributed by atoms with Gasteiger partial charge in [-0.15, -0.1) is 0 Å². The van der Waals surface area contributed by atoms with Crippen LogP contribution in [0.1, 0.15) is 42.7 Å². The van der Waals surface area contributed by atoms with Gasteiger partial charge in [0.1, 0.15) is 11.6 Å². The van der Waals surface area contributed by atoms with E-state index in [-0.39, 0.29) is 17.8 Å². The molecule has 1 aliphatic heterocycles. The molecular formula is C23H29N7O2. The second-order valence-electron chi connectivity index (χ2n) is 8.46. The number of hydrogen-bond acceptors (Lipinski definition) is 7. The highest BCUT2D eigenvalue weighted by molar-refractivity contribution is 5.96. The molecule has 2 aliphatic rings. The predicted octanol–water partition coefficient (Wildman–Crippen LogP) is 2.61. The third-order valence-electron chi connectivity index (χ3n) is 6.03. The van der Waals surface area contributed by atoms with Crippen molar-refractivity contribution < 1.29 is 9.53 Å². The Morgan fingerprint density at radius 1 is 1.12 bits per heavy atom. The Morgan fingerprint density at radius 3 is 2.62 bits per heavy atom. The van der Waals surface area contributed by atoms with E-state index in [0.717, 1.165) is 55.8 Å². The summed E-state index contributed by atoms with van der Waals surface area (Å²) >= 11 is 0. The third-order valence-corrected chi connectivity index (χ3v) is 6.03. The van der Waals surface area contributed by atoms with Crippen LogP contribution in [-0.4, -0.2) is 69.9 Å². The van der Waals surface area contributed by atoms with Gasteiger partial charge < -0.3 is 20.3 Å². The van der Waals surface area contributed by atoms with Crippen molar-refractivity contribution in [3.63, 3.8) is 0 Å². The normalized spacial score (nSPS) is 16.8. The average molecular weight is 436 g/mol. The molecule has 0 radical (unpaired) electrons. The SMILES string of the molecule is COc1ccc(-n2ncc3c(NCCN4CCCCC4)nc(C(=O)NC4CC4)nc32)cc1. The van der Waals surface area contributed by atoms with Gasteiger partial charge in [-0.2, -0.15) is 5.10 Å². The Hall–Kier alpha value is -3.20. The van der Waals surface area contributed by atoms with Crippen LogP contribution in [0.25, 0.3) is 16.7 Å². The second-order valence-corrected chi connectivity index (χ2v) is 8.46. The van der Waals surface area contributed by atoms with Crippen molar-refractivity contribution in [1.29, 1.82) is 0 Å². The van der Waals surface area contributed by atoms with E-state index in [1.165, 1.54) is 19.3 Å². The molecule has 0 unspecified atom stereocenters. The number of fused-ring (bicyclic) bond motifs is 1. The summed E-state index contributed by atoms with van der Waals surface area (Å²) in [7, 11) is 1.64. The van der Waals surface area contributed by atoms with Crippen LogP contribution in [0.3, 0.4) is 0 Å². The quantitative estimate of drug-likeness (QED) is 0.561. The van der Waals surface area contributed by atoms with Crippen LogP contribution in [0, 0.1) is 0 Å². The first-order chi connectivity index (χ1) is 15.7. The second kappa shape index (κ2) is 9.12. The fourth-order valence-corrected chi connectivity index (χ4v) is 4.05. The van der Waals surface area contributed by atoms with Crippen LogP contribution in [0.15, 0.2) is 30.5 Å². The first-order valence-electron chi connectivity index (χ1n) is 11.4. The molecule has 1 aliphatic carbocycles. The number of likely N-dealkylation sites (tertiary alicyclic amines) is 1. The van der Waals surface area contributed by atoms with Crippen molar-refractivity contribution in [2.75, 3.05) is 38.6 Å². The monoisotopic (exact) mass is 435 g/mol. The Labute approximate surface area is 187 Å². The van der Waals surface area contributed by atoms with Crippen molar-refractivity contribution in [3.8, 4) is 11.4 Å². The lowest BCUT2D eigenvalue weighted by Crippen LogP contribution is -2.34. The molecule has 1 aromatic carbocycles. The number of nitrogens with one attached hydrogen (secondary N) is 2. The van der Waals surface area contributed by atoms with Crippen LogP contribution in [0.2, 0.25) is 0 Å². The molecule has 2 N–H and O–H groups in total. The minimum atomic E-state index is -0.240. The molecule has 1 saturated heterocycles. The zero-order chi connectivity index (χ0) is 21.9. The highest BCUT2D eigenvalue weighted by Crippen LogP contribution is 2.25. The number of ether oxygens (including phenoxy) is 1. The maximum absolute atomic E-state index is 12.7. The van der Waals surface area contributed by atoms with Crippen molar-refractivity contribution in [2.45, 2.75) is 38.1 Å². The number of benzene rings is 1. The molecule has 168 valence electrons. The Bertz CT molecular complexity index is 1090. The molecule has 5 rings (SSSR count). The van der Waals surface area contributed by atoms with Gasteiger partial charge >= 0.3 is 0 Å². The fraction of sp³-hybridized carbons (Fsp3) is 0.478. The molecule has 0 bridgehead atoms. The zero-order valence-corrected chi connectivity index (χ0v) is 18.4. The van der Waals surface area contributed by atoms with E-state index >= 15 is 0 Å². The van der Waals surface area contributed by atoms with Gasteiger partial charge in [0.2, 0.25) is 5.82 Å². The fourth-order valence-electron chi connectivity index (χ4n) is 4.05. The van der Waals surface area contributed by atoms with Crippen LogP contribution >= 0.6 is 0 Å². The van der Waals surface area contributed by atoms with Gasteiger partial charge in [0.15, 0.2) is 5.65 Å². The molecule has 32 heavy (non-hydrogen) atoms. The Balaban J connectivity index is 1.44. The molecule has 1 saturated carbocycles. The topological polar surface area (TPSA) is 97.2 Å². The zero-order valence-electron chi connectivity index (χ0n) is 18.4. The van der Waals surface area contributed by atoms with Gasteiger partial charge in [-0.1, -0.05) is 6.42 Å². The summed E-state index contributed by atoms with van der Waals surface area (Å²) in [6.45, 7) is 3.99. The van der Waals surface area contributed by atoms with Crippen molar-refractivity contribution in [1.82, 2.24) is 30.0 Å². The molecule has 9 nitrogen and oxygen atoms in total. The summed E-state index contributed by atoms with van der Waals surface area (Å²) in [5, 5.41) is 11.8. The summed E-state index contributed by atoms with van der Waals surface area (Å²) in [6.07, 6.45) is 7.62. The predicted molar refractivity (Wildman–Crippen MR) is 122 cm³/mol. The van der Waals surface area contributed by atoms with E-state index in [4.69, 9.17) is 4.74 Å². The maximum Gasteiger partial charge on any atom is 0.289 e. The van der Waals surface area contributed by atoms with Crippen LogP contribution in [-0.2, 0) is 0 Å². The highest BCUT2D eigenvalue weighted by Gasteiger charge is 2.26. The van der Waals surface area contributed by atoms with E-state index in [2.05, 4.69) is 30.6 Å². The summed E-state index contributed by atoms with van der Waals surface area (Å²) in [5.74, 6) is 1.34. The molecule has 9 heteroatoms. The summed E-state index contributed by atoms with van der Waals surface area (Å²) < 4.78 is 6.99. The van der Waals surface area contributed by atoms with E-state index in [0.29, 0.717) is 11.5 Å². The number of rotatable bonds is 8. The maximum atomic E-state index is 12.7. The minimum Gasteiger partial charge on any atom is -0.497 e. The number of carbonyl (C=O) groups is 1. The van der Waals surface area contributed by atoms with Crippen LogP contribution < -0.4 is 15.4 Å².